The largest absolute Gasteiger partial charge is 0.497 e. The number of carbonyl (C=O) groups is 1. The van der Waals surface area contributed by atoms with Gasteiger partial charge in [-0.05, 0) is 54.4 Å². The number of Topliss-reactive ketones (excluding diaryl/α,β-unsaturated/α-hetero) is 1. The lowest BCUT2D eigenvalue weighted by molar-refractivity contribution is 0.0655. The number of piperazine rings is 1. The van der Waals surface area contributed by atoms with Gasteiger partial charge in [-0.15, -0.1) is 12.4 Å². The number of nitrogens with zero attached hydrogens (tertiary/aromatic N) is 2. The van der Waals surface area contributed by atoms with Crippen LogP contribution in [-0.2, 0) is 6.42 Å². The van der Waals surface area contributed by atoms with E-state index in [-0.39, 0.29) is 48.3 Å². The number of hydrogen-bond donors (Lipinski definition) is 1. The fourth-order valence-corrected chi connectivity index (χ4v) is 4.42. The van der Waals surface area contributed by atoms with Crippen molar-refractivity contribution in [3.05, 3.63) is 89.5 Å². The highest BCUT2D eigenvalue weighted by molar-refractivity contribution is 5.98. The number of carbonyl (C=O) groups excluding carboxylic acids is 1. The van der Waals surface area contributed by atoms with Gasteiger partial charge in [0.2, 0.25) is 0 Å². The molecule has 1 N–H and O–H groups in total. The number of rotatable bonds is 11. The van der Waals surface area contributed by atoms with Gasteiger partial charge in [-0.3, -0.25) is 9.69 Å². The molecular formula is C29H33ClF2N2O4. The van der Waals surface area contributed by atoms with E-state index in [0.29, 0.717) is 13.0 Å². The molecule has 9 heteroatoms. The Labute approximate surface area is 228 Å². The maximum atomic E-state index is 13.9. The lowest BCUT2D eigenvalue weighted by atomic mass is 10.0. The van der Waals surface area contributed by atoms with Crippen LogP contribution in [0.5, 0.6) is 11.5 Å². The van der Waals surface area contributed by atoms with E-state index >= 15 is 0 Å². The van der Waals surface area contributed by atoms with Gasteiger partial charge in [0.1, 0.15) is 35.8 Å². The number of methoxy groups -OCH3 is 1. The van der Waals surface area contributed by atoms with Crippen LogP contribution in [0.25, 0.3) is 0 Å². The minimum atomic E-state index is -0.768. The van der Waals surface area contributed by atoms with Crippen molar-refractivity contribution in [2.75, 3.05) is 51.3 Å². The van der Waals surface area contributed by atoms with Crippen LogP contribution in [0.15, 0.2) is 66.7 Å². The standard InChI is InChI=1S/C29H32F2N2O4.ClH/c1-36-26-4-2-3-24(18-26)33-15-13-32(14-16-33)19-25(34)20-37-29-12-10-23(31)17-27(29)28(35)11-7-21-5-8-22(30)9-6-21;/h2-6,8-10,12,17-18,25,34H,7,11,13-16,19-20H2,1H3;1H. The van der Waals surface area contributed by atoms with E-state index < -0.39 is 11.9 Å². The van der Waals surface area contributed by atoms with Gasteiger partial charge in [-0.1, -0.05) is 18.2 Å². The van der Waals surface area contributed by atoms with Gasteiger partial charge in [0.15, 0.2) is 5.78 Å². The van der Waals surface area contributed by atoms with Crippen LogP contribution in [0, 0.1) is 11.6 Å². The van der Waals surface area contributed by atoms with E-state index in [1.54, 1.807) is 19.2 Å². The maximum absolute atomic E-state index is 13.9. The predicted octanol–water partition coefficient (Wildman–Crippen LogP) is 4.77. The summed E-state index contributed by atoms with van der Waals surface area (Å²) in [6.45, 7) is 3.65. The minimum absolute atomic E-state index is 0. The highest BCUT2D eigenvalue weighted by Gasteiger charge is 2.21. The lowest BCUT2D eigenvalue weighted by Gasteiger charge is -2.37. The highest BCUT2D eigenvalue weighted by Crippen LogP contribution is 2.24. The summed E-state index contributed by atoms with van der Waals surface area (Å²) in [6.07, 6.45) is -0.235. The molecule has 3 aromatic rings. The van der Waals surface area contributed by atoms with Crippen LogP contribution in [-0.4, -0.2) is 68.3 Å². The molecule has 0 amide bonds. The second-order valence-corrected chi connectivity index (χ2v) is 9.14. The Hall–Kier alpha value is -3.20. The molecule has 0 saturated carbocycles. The third kappa shape index (κ3) is 8.15. The zero-order valence-electron chi connectivity index (χ0n) is 21.3. The molecule has 4 rings (SSSR count). The van der Waals surface area contributed by atoms with Crippen LogP contribution < -0.4 is 14.4 Å². The van der Waals surface area contributed by atoms with Gasteiger partial charge < -0.3 is 19.5 Å². The fourth-order valence-electron chi connectivity index (χ4n) is 4.42. The number of benzene rings is 3. The van der Waals surface area contributed by atoms with Gasteiger partial charge in [-0.2, -0.15) is 0 Å². The van der Waals surface area contributed by atoms with Crippen molar-refractivity contribution < 1.29 is 28.2 Å². The zero-order chi connectivity index (χ0) is 26.2. The summed E-state index contributed by atoms with van der Waals surface area (Å²) in [5, 5.41) is 10.6. The van der Waals surface area contributed by atoms with Crippen LogP contribution >= 0.6 is 12.4 Å². The number of aliphatic hydroxyl groups excluding tert-OH is 1. The predicted molar refractivity (Wildman–Crippen MR) is 146 cm³/mol. The Kier molecular flexibility index (Phi) is 10.9. The Morgan fingerprint density at radius 2 is 1.68 bits per heavy atom. The monoisotopic (exact) mass is 546 g/mol. The third-order valence-corrected chi connectivity index (χ3v) is 6.49. The zero-order valence-corrected chi connectivity index (χ0v) is 22.1. The molecule has 0 aliphatic carbocycles. The van der Waals surface area contributed by atoms with Gasteiger partial charge in [0.05, 0.1) is 12.7 Å². The molecule has 1 aliphatic heterocycles. The Morgan fingerprint density at radius 3 is 2.39 bits per heavy atom. The number of aryl methyl sites for hydroxylation is 1. The van der Waals surface area contributed by atoms with Crippen LogP contribution in [0.2, 0.25) is 0 Å². The van der Waals surface area contributed by atoms with Crippen molar-refractivity contribution in [2.45, 2.75) is 18.9 Å². The lowest BCUT2D eigenvalue weighted by Crippen LogP contribution is -2.49. The van der Waals surface area contributed by atoms with Crippen molar-refractivity contribution in [2.24, 2.45) is 0 Å². The summed E-state index contributed by atoms with van der Waals surface area (Å²) < 4.78 is 38.1. The van der Waals surface area contributed by atoms with Crippen molar-refractivity contribution in [1.29, 1.82) is 0 Å². The Bertz CT molecular complexity index is 1190. The summed E-state index contributed by atoms with van der Waals surface area (Å²) in [6, 6.07) is 17.7. The van der Waals surface area contributed by atoms with E-state index in [2.05, 4.69) is 15.9 Å². The summed E-state index contributed by atoms with van der Waals surface area (Å²) in [4.78, 5) is 17.3. The second kappa shape index (κ2) is 14.1. The molecule has 1 fully saturated rings. The van der Waals surface area contributed by atoms with E-state index in [0.717, 1.165) is 49.2 Å². The van der Waals surface area contributed by atoms with Gasteiger partial charge in [-0.25, -0.2) is 8.78 Å². The molecule has 38 heavy (non-hydrogen) atoms. The number of anilines is 1. The molecule has 0 radical (unpaired) electrons. The molecule has 1 unspecified atom stereocenters. The molecule has 0 spiro atoms. The van der Waals surface area contributed by atoms with E-state index in [1.165, 1.54) is 24.3 Å². The quantitative estimate of drug-likeness (QED) is 0.350. The maximum Gasteiger partial charge on any atom is 0.167 e. The second-order valence-electron chi connectivity index (χ2n) is 9.14. The van der Waals surface area contributed by atoms with Crippen LogP contribution in [0.1, 0.15) is 22.3 Å². The average Bonchev–Trinajstić information content (AvgIpc) is 2.92. The summed E-state index contributed by atoms with van der Waals surface area (Å²) >= 11 is 0. The van der Waals surface area contributed by atoms with Crippen molar-refractivity contribution in [3.63, 3.8) is 0 Å². The van der Waals surface area contributed by atoms with Crippen molar-refractivity contribution in [1.82, 2.24) is 4.90 Å². The molecule has 1 saturated heterocycles. The number of halogens is 3. The summed E-state index contributed by atoms with van der Waals surface area (Å²) in [7, 11) is 1.65. The summed E-state index contributed by atoms with van der Waals surface area (Å²) in [5.74, 6) is -0.0869. The molecular weight excluding hydrogens is 514 g/mol. The topological polar surface area (TPSA) is 62.2 Å². The van der Waals surface area contributed by atoms with Crippen molar-refractivity contribution >= 4 is 23.9 Å². The minimum Gasteiger partial charge on any atom is -0.497 e. The first-order valence-electron chi connectivity index (χ1n) is 12.4. The highest BCUT2D eigenvalue weighted by atomic mass is 35.5. The molecule has 6 nitrogen and oxygen atoms in total. The number of ketones is 1. The fraction of sp³-hybridized carbons (Fsp3) is 0.345. The molecule has 1 atom stereocenters. The molecule has 0 bridgehead atoms. The molecule has 1 aliphatic rings. The van der Waals surface area contributed by atoms with Gasteiger partial charge in [0.25, 0.3) is 0 Å². The first-order valence-corrected chi connectivity index (χ1v) is 12.4. The summed E-state index contributed by atoms with van der Waals surface area (Å²) in [5.41, 5.74) is 2.06. The van der Waals surface area contributed by atoms with E-state index in [4.69, 9.17) is 9.47 Å². The smallest absolute Gasteiger partial charge is 0.167 e. The molecule has 204 valence electrons. The van der Waals surface area contributed by atoms with E-state index in [1.807, 2.05) is 18.2 Å². The number of aliphatic hydroxyl groups is 1. The first-order chi connectivity index (χ1) is 17.9. The SMILES string of the molecule is COc1cccc(N2CCN(CC(O)COc3ccc(F)cc3C(=O)CCc3ccc(F)cc3)CC2)c1.Cl. The third-order valence-electron chi connectivity index (χ3n) is 6.49. The molecule has 3 aromatic carbocycles. The van der Waals surface area contributed by atoms with Crippen LogP contribution in [0.3, 0.4) is 0 Å². The molecule has 0 aromatic heterocycles. The van der Waals surface area contributed by atoms with Gasteiger partial charge >= 0.3 is 0 Å². The normalized spacial score (nSPS) is 14.5. The average molecular weight is 547 g/mol. The Balaban J connectivity index is 0.00000400. The number of β-amino-alcohol motifs (C(OH)–C–C–N with tert-alkyl or cyclic N) is 1. The van der Waals surface area contributed by atoms with Crippen LogP contribution in [0.4, 0.5) is 14.5 Å². The van der Waals surface area contributed by atoms with Gasteiger partial charge in [0, 0.05) is 50.9 Å². The van der Waals surface area contributed by atoms with Crippen molar-refractivity contribution in [3.8, 4) is 11.5 Å². The number of ether oxygens (including phenoxy) is 2. The Morgan fingerprint density at radius 1 is 0.974 bits per heavy atom. The van der Waals surface area contributed by atoms with E-state index in [9.17, 15) is 18.7 Å². The first kappa shape index (κ1) is 29.4. The number of hydrogen-bond acceptors (Lipinski definition) is 6. The molecule has 1 heterocycles.